The van der Waals surface area contributed by atoms with Gasteiger partial charge in [0.15, 0.2) is 11.5 Å². The molecule has 0 saturated carbocycles. The van der Waals surface area contributed by atoms with Crippen molar-refractivity contribution in [2.24, 2.45) is 0 Å². The smallest absolute Gasteiger partial charge is 0.338 e. The minimum atomic E-state index is -0.861. The number of rotatable bonds is 37. The lowest BCUT2D eigenvalue weighted by Crippen LogP contribution is -2.21. The second-order valence-electron chi connectivity index (χ2n) is 11.7. The Bertz CT molecular complexity index is 1150. The first kappa shape index (κ1) is 50.9. The van der Waals surface area contributed by atoms with Crippen LogP contribution in [-0.2, 0) is 47.4 Å². The van der Waals surface area contributed by atoms with E-state index in [1.54, 1.807) is 38.5 Å². The highest BCUT2D eigenvalue weighted by molar-refractivity contribution is 5.89. The van der Waals surface area contributed by atoms with Crippen LogP contribution in [0, 0.1) is 0 Å². The topological polar surface area (TPSA) is 180 Å². The van der Waals surface area contributed by atoms with Gasteiger partial charge in [-0.2, -0.15) is 0 Å². The lowest BCUT2D eigenvalue weighted by Gasteiger charge is -2.12. The van der Waals surface area contributed by atoms with Gasteiger partial charge in [-0.1, -0.05) is 25.5 Å². The minimum Gasteiger partial charge on any atom is -0.493 e. The number of carbonyl (C=O) groups is 1. The van der Waals surface area contributed by atoms with Crippen LogP contribution in [0.4, 0.5) is 5.69 Å². The molecule has 0 aliphatic rings. The van der Waals surface area contributed by atoms with Gasteiger partial charge in [0.1, 0.15) is 19.3 Å². The summed E-state index contributed by atoms with van der Waals surface area (Å²) < 4.78 is 63.8. The van der Waals surface area contributed by atoms with Crippen LogP contribution in [0.3, 0.4) is 0 Å². The van der Waals surface area contributed by atoms with Crippen molar-refractivity contribution in [2.45, 2.75) is 25.9 Å². The van der Waals surface area contributed by atoms with Crippen molar-refractivity contribution in [1.29, 1.82) is 0 Å². The molecule has 0 aromatic heterocycles. The number of hydrogen-bond acceptors (Lipinski definition) is 16. The SMILES string of the molecule is CCCCNc1ccc(C(=O)OCCOCCOCCOCCOCCOCCOCCOCCOCCOC)cc1.COc1ccccc1OCC(O)CO. The van der Waals surface area contributed by atoms with E-state index in [0.717, 1.165) is 25.1 Å². The monoisotopic (exact) mass is 801 g/mol. The molecule has 322 valence electrons. The Morgan fingerprint density at radius 3 is 1.45 bits per heavy atom. The van der Waals surface area contributed by atoms with Gasteiger partial charge in [-0.3, -0.25) is 0 Å². The molecule has 0 saturated heterocycles. The normalized spacial score (nSPS) is 11.4. The molecule has 0 fully saturated rings. The van der Waals surface area contributed by atoms with Crippen molar-refractivity contribution in [3.63, 3.8) is 0 Å². The van der Waals surface area contributed by atoms with E-state index in [1.807, 2.05) is 24.3 Å². The Kier molecular flexibility index (Phi) is 35.2. The van der Waals surface area contributed by atoms with Crippen LogP contribution in [0.5, 0.6) is 11.5 Å². The number of methoxy groups -OCH3 is 2. The van der Waals surface area contributed by atoms with Gasteiger partial charge in [0, 0.05) is 19.3 Å². The predicted molar refractivity (Wildman–Crippen MR) is 210 cm³/mol. The van der Waals surface area contributed by atoms with Gasteiger partial charge in [-0.05, 0) is 42.8 Å². The fourth-order valence-corrected chi connectivity index (χ4v) is 4.17. The number of esters is 1. The number of unbranched alkanes of at least 4 members (excludes halogenated alkanes) is 1. The molecule has 2 rings (SSSR count). The standard InChI is InChI=1S/C30H53NO11.C10H14O4/c1-3-4-9-31-29-7-5-28(6-8-29)30(32)42-27-26-41-25-24-40-23-22-39-21-20-38-19-18-37-17-16-36-15-14-35-13-12-34-11-10-33-2;1-13-9-4-2-3-5-10(9)14-7-8(12)6-11/h5-8,31H,3-4,9-27H2,1-2H3;2-5,8,11-12H,6-7H2,1H3. The molecule has 2 aromatic rings. The summed E-state index contributed by atoms with van der Waals surface area (Å²) in [6.07, 6.45) is 1.39. The maximum Gasteiger partial charge on any atom is 0.338 e. The summed E-state index contributed by atoms with van der Waals surface area (Å²) in [6.45, 7) is 11.5. The van der Waals surface area contributed by atoms with E-state index in [0.29, 0.717) is 129 Å². The van der Waals surface area contributed by atoms with Crippen LogP contribution < -0.4 is 14.8 Å². The number of aliphatic hydroxyl groups excluding tert-OH is 2. The van der Waals surface area contributed by atoms with Crippen molar-refractivity contribution in [1.82, 2.24) is 0 Å². The molecule has 56 heavy (non-hydrogen) atoms. The van der Waals surface area contributed by atoms with E-state index in [1.165, 1.54) is 0 Å². The summed E-state index contributed by atoms with van der Waals surface area (Å²) in [6, 6.07) is 14.4. The molecule has 2 aromatic carbocycles. The van der Waals surface area contributed by atoms with Gasteiger partial charge in [-0.25, -0.2) is 4.79 Å². The van der Waals surface area contributed by atoms with Crippen LogP contribution >= 0.6 is 0 Å². The van der Waals surface area contributed by atoms with Crippen LogP contribution in [0.1, 0.15) is 30.1 Å². The summed E-state index contributed by atoms with van der Waals surface area (Å²) in [4.78, 5) is 12.1. The molecule has 16 heteroatoms. The lowest BCUT2D eigenvalue weighted by atomic mass is 10.2. The number of anilines is 1. The van der Waals surface area contributed by atoms with E-state index in [4.69, 9.17) is 67.1 Å². The first-order chi connectivity index (χ1) is 27.5. The average Bonchev–Trinajstić information content (AvgIpc) is 3.23. The summed E-state index contributed by atoms with van der Waals surface area (Å²) in [7, 11) is 3.19. The summed E-state index contributed by atoms with van der Waals surface area (Å²) in [5.74, 6) is 0.808. The van der Waals surface area contributed by atoms with Gasteiger partial charge in [0.05, 0.1) is 132 Å². The maximum atomic E-state index is 12.1. The molecule has 0 aliphatic carbocycles. The van der Waals surface area contributed by atoms with Crippen molar-refractivity contribution in [2.75, 3.05) is 158 Å². The molecule has 0 heterocycles. The van der Waals surface area contributed by atoms with Gasteiger partial charge >= 0.3 is 5.97 Å². The van der Waals surface area contributed by atoms with Crippen molar-refractivity contribution in [3.8, 4) is 11.5 Å². The largest absolute Gasteiger partial charge is 0.493 e. The van der Waals surface area contributed by atoms with E-state index in [2.05, 4.69) is 12.2 Å². The van der Waals surface area contributed by atoms with Crippen molar-refractivity contribution < 1.29 is 71.8 Å². The third kappa shape index (κ3) is 30.1. The van der Waals surface area contributed by atoms with Crippen LogP contribution in [0.2, 0.25) is 0 Å². The highest BCUT2D eigenvalue weighted by Crippen LogP contribution is 2.25. The number of ether oxygens (including phenoxy) is 12. The molecular weight excluding hydrogens is 734 g/mol. The molecule has 0 aliphatic heterocycles. The predicted octanol–water partition coefficient (Wildman–Crippen LogP) is 3.26. The third-order valence-corrected chi connectivity index (χ3v) is 7.19. The molecule has 0 radical (unpaired) electrons. The Labute approximate surface area is 332 Å². The highest BCUT2D eigenvalue weighted by Gasteiger charge is 2.08. The molecule has 1 unspecified atom stereocenters. The zero-order chi connectivity index (χ0) is 40.6. The highest BCUT2D eigenvalue weighted by atomic mass is 16.6. The minimum absolute atomic E-state index is 0.0525. The second-order valence-corrected chi connectivity index (χ2v) is 11.7. The van der Waals surface area contributed by atoms with Gasteiger partial charge < -0.3 is 72.4 Å². The van der Waals surface area contributed by atoms with Crippen molar-refractivity contribution in [3.05, 3.63) is 54.1 Å². The van der Waals surface area contributed by atoms with Crippen LogP contribution in [0.15, 0.2) is 48.5 Å². The summed E-state index contributed by atoms with van der Waals surface area (Å²) in [5.41, 5.74) is 1.52. The molecule has 0 bridgehead atoms. The Hall–Kier alpha value is -3.13. The van der Waals surface area contributed by atoms with E-state index in [-0.39, 0.29) is 25.8 Å². The zero-order valence-corrected chi connectivity index (χ0v) is 33.7. The van der Waals surface area contributed by atoms with E-state index >= 15 is 0 Å². The summed E-state index contributed by atoms with van der Waals surface area (Å²) in [5, 5.41) is 21.0. The van der Waals surface area contributed by atoms with E-state index in [9.17, 15) is 4.79 Å². The number of hydrogen-bond donors (Lipinski definition) is 3. The molecular formula is C40H67NO15. The molecule has 3 N–H and O–H groups in total. The number of carbonyl (C=O) groups excluding carboxylic acids is 1. The number of aliphatic hydroxyl groups is 2. The quantitative estimate of drug-likeness (QED) is 0.0669. The zero-order valence-electron chi connectivity index (χ0n) is 33.7. The Morgan fingerprint density at radius 2 is 1.04 bits per heavy atom. The number of nitrogens with one attached hydrogen (secondary N) is 1. The first-order valence-electron chi connectivity index (χ1n) is 19.2. The van der Waals surface area contributed by atoms with Crippen molar-refractivity contribution >= 4 is 11.7 Å². The third-order valence-electron chi connectivity index (χ3n) is 7.19. The van der Waals surface area contributed by atoms with Gasteiger partial charge in [0.2, 0.25) is 0 Å². The van der Waals surface area contributed by atoms with Gasteiger partial charge in [0.25, 0.3) is 0 Å². The summed E-state index contributed by atoms with van der Waals surface area (Å²) >= 11 is 0. The Balaban J connectivity index is 0.000000933. The van der Waals surface area contributed by atoms with Gasteiger partial charge in [-0.15, -0.1) is 0 Å². The number of benzene rings is 2. The first-order valence-corrected chi connectivity index (χ1v) is 19.2. The van der Waals surface area contributed by atoms with Crippen LogP contribution in [0.25, 0.3) is 0 Å². The molecule has 0 amide bonds. The average molecular weight is 802 g/mol. The Morgan fingerprint density at radius 1 is 0.607 bits per heavy atom. The fraction of sp³-hybridized carbons (Fsp3) is 0.675. The molecule has 16 nitrogen and oxygen atoms in total. The molecule has 1 atom stereocenters. The number of para-hydroxylation sites is 2. The van der Waals surface area contributed by atoms with E-state index < -0.39 is 6.10 Å². The second kappa shape index (κ2) is 38.7. The lowest BCUT2D eigenvalue weighted by molar-refractivity contribution is -0.0253. The fourth-order valence-electron chi connectivity index (χ4n) is 4.17. The van der Waals surface area contributed by atoms with Crippen LogP contribution in [-0.4, -0.2) is 175 Å². The molecule has 0 spiro atoms. The maximum absolute atomic E-state index is 12.1.